The summed E-state index contributed by atoms with van der Waals surface area (Å²) in [4.78, 5) is 8.70. The number of hydrogen-bond acceptors (Lipinski definition) is 4. The van der Waals surface area contributed by atoms with Crippen molar-refractivity contribution < 1.29 is 0 Å². The Labute approximate surface area is 96.9 Å². The number of aromatic nitrogens is 2. The summed E-state index contributed by atoms with van der Waals surface area (Å²) in [5.74, 6) is 0.884. The van der Waals surface area contributed by atoms with Crippen molar-refractivity contribution in [3.63, 3.8) is 0 Å². The molecule has 0 saturated heterocycles. The van der Waals surface area contributed by atoms with E-state index in [1.807, 2.05) is 13.8 Å². The van der Waals surface area contributed by atoms with Crippen molar-refractivity contribution in [3.8, 4) is 0 Å². The summed E-state index contributed by atoms with van der Waals surface area (Å²) in [7, 11) is 0. The smallest absolute Gasteiger partial charge is 0.144 e. The molecule has 1 saturated carbocycles. The molecule has 2 N–H and O–H groups in total. The van der Waals surface area contributed by atoms with Crippen molar-refractivity contribution in [3.05, 3.63) is 17.6 Å². The number of nitrogens with one attached hydrogen (secondary N) is 2. The third-order valence-corrected chi connectivity index (χ3v) is 2.86. The van der Waals surface area contributed by atoms with Crippen molar-refractivity contribution in [2.75, 3.05) is 18.4 Å². The van der Waals surface area contributed by atoms with Crippen molar-refractivity contribution in [1.29, 1.82) is 0 Å². The Hall–Kier alpha value is -1.16. The predicted molar refractivity (Wildman–Crippen MR) is 65.6 cm³/mol. The predicted octanol–water partition coefficient (Wildman–Crippen LogP) is 1.65. The maximum Gasteiger partial charge on any atom is 0.144 e. The van der Waals surface area contributed by atoms with E-state index >= 15 is 0 Å². The molecule has 88 valence electrons. The average molecular weight is 220 g/mol. The quantitative estimate of drug-likeness (QED) is 0.716. The third kappa shape index (κ3) is 3.45. The van der Waals surface area contributed by atoms with Crippen LogP contribution >= 0.6 is 0 Å². The highest BCUT2D eigenvalue weighted by molar-refractivity contribution is 5.33. The number of aryl methyl sites for hydroxylation is 2. The van der Waals surface area contributed by atoms with Gasteiger partial charge in [0.05, 0.1) is 17.6 Å². The second-order valence-electron chi connectivity index (χ2n) is 4.43. The summed E-state index contributed by atoms with van der Waals surface area (Å²) in [5, 5.41) is 6.78. The maximum absolute atomic E-state index is 4.42. The minimum Gasteiger partial charge on any atom is -0.369 e. The number of nitrogens with zero attached hydrogens (tertiary/aromatic N) is 2. The number of hydrogen-bond donors (Lipinski definition) is 2. The maximum atomic E-state index is 4.42. The second-order valence-corrected chi connectivity index (χ2v) is 4.43. The van der Waals surface area contributed by atoms with Gasteiger partial charge in [-0.1, -0.05) is 0 Å². The van der Waals surface area contributed by atoms with Crippen LogP contribution in [-0.4, -0.2) is 29.1 Å². The first-order valence-corrected chi connectivity index (χ1v) is 6.03. The van der Waals surface area contributed by atoms with Gasteiger partial charge < -0.3 is 10.6 Å². The van der Waals surface area contributed by atoms with Gasteiger partial charge in [-0.15, -0.1) is 0 Å². The number of anilines is 1. The van der Waals surface area contributed by atoms with E-state index in [1.54, 1.807) is 6.20 Å². The van der Waals surface area contributed by atoms with E-state index in [9.17, 15) is 0 Å². The zero-order valence-electron chi connectivity index (χ0n) is 10.1. The molecule has 0 aliphatic heterocycles. The van der Waals surface area contributed by atoms with Gasteiger partial charge in [0.2, 0.25) is 0 Å². The summed E-state index contributed by atoms with van der Waals surface area (Å²) >= 11 is 0. The van der Waals surface area contributed by atoms with Crippen LogP contribution < -0.4 is 10.6 Å². The lowest BCUT2D eigenvalue weighted by atomic mass is 10.3. The van der Waals surface area contributed by atoms with E-state index in [4.69, 9.17) is 0 Å². The lowest BCUT2D eigenvalue weighted by Gasteiger charge is -2.07. The lowest BCUT2D eigenvalue weighted by Crippen LogP contribution is -2.20. The highest BCUT2D eigenvalue weighted by Crippen LogP contribution is 2.18. The highest BCUT2D eigenvalue weighted by atomic mass is 15.0. The van der Waals surface area contributed by atoms with Gasteiger partial charge in [0.15, 0.2) is 0 Å². The van der Waals surface area contributed by atoms with E-state index in [0.717, 1.165) is 42.8 Å². The van der Waals surface area contributed by atoms with Gasteiger partial charge in [-0.25, -0.2) is 4.98 Å². The molecule has 1 aromatic heterocycles. The monoisotopic (exact) mass is 220 g/mol. The first-order chi connectivity index (χ1) is 7.75. The molecule has 1 fully saturated rings. The molecule has 1 aliphatic rings. The van der Waals surface area contributed by atoms with Gasteiger partial charge in [0.1, 0.15) is 5.82 Å². The second kappa shape index (κ2) is 5.25. The van der Waals surface area contributed by atoms with Crippen LogP contribution in [0.4, 0.5) is 5.82 Å². The molecule has 4 heteroatoms. The Kier molecular flexibility index (Phi) is 3.72. The van der Waals surface area contributed by atoms with Gasteiger partial charge in [-0.3, -0.25) is 4.98 Å². The van der Waals surface area contributed by atoms with Crippen LogP contribution in [0.1, 0.15) is 30.7 Å². The van der Waals surface area contributed by atoms with Crippen LogP contribution in [-0.2, 0) is 0 Å². The summed E-state index contributed by atoms with van der Waals surface area (Å²) < 4.78 is 0. The van der Waals surface area contributed by atoms with Gasteiger partial charge in [-0.2, -0.15) is 0 Å². The SMILES string of the molecule is Cc1ncc(NCCCNC2CC2)nc1C. The molecule has 0 radical (unpaired) electrons. The molecule has 16 heavy (non-hydrogen) atoms. The summed E-state index contributed by atoms with van der Waals surface area (Å²) in [5.41, 5.74) is 2.00. The fraction of sp³-hybridized carbons (Fsp3) is 0.667. The van der Waals surface area contributed by atoms with Crippen molar-refractivity contribution in [2.45, 2.75) is 39.2 Å². The Morgan fingerprint density at radius 3 is 2.75 bits per heavy atom. The van der Waals surface area contributed by atoms with Gasteiger partial charge in [-0.05, 0) is 39.7 Å². The van der Waals surface area contributed by atoms with Gasteiger partial charge in [0.25, 0.3) is 0 Å². The molecule has 1 heterocycles. The van der Waals surface area contributed by atoms with Crippen molar-refractivity contribution in [2.24, 2.45) is 0 Å². The Morgan fingerprint density at radius 2 is 2.06 bits per heavy atom. The molecular weight excluding hydrogens is 200 g/mol. The normalized spacial score (nSPS) is 15.1. The van der Waals surface area contributed by atoms with Crippen molar-refractivity contribution in [1.82, 2.24) is 15.3 Å². The summed E-state index contributed by atoms with van der Waals surface area (Å²) in [6.45, 7) is 6.01. The fourth-order valence-electron chi connectivity index (χ4n) is 1.53. The molecular formula is C12H20N4. The minimum absolute atomic E-state index is 0.807. The van der Waals surface area contributed by atoms with E-state index in [2.05, 4.69) is 20.6 Å². The van der Waals surface area contributed by atoms with Gasteiger partial charge in [0, 0.05) is 12.6 Å². The molecule has 0 unspecified atom stereocenters. The topological polar surface area (TPSA) is 49.8 Å². The summed E-state index contributed by atoms with van der Waals surface area (Å²) in [6, 6.07) is 0.807. The first kappa shape index (κ1) is 11.3. The zero-order chi connectivity index (χ0) is 11.4. The minimum atomic E-state index is 0.807. The summed E-state index contributed by atoms with van der Waals surface area (Å²) in [6.07, 6.45) is 5.65. The Balaban J connectivity index is 1.65. The third-order valence-electron chi connectivity index (χ3n) is 2.86. The highest BCUT2D eigenvalue weighted by Gasteiger charge is 2.19. The molecule has 4 nitrogen and oxygen atoms in total. The van der Waals surface area contributed by atoms with Crippen LogP contribution in [0.2, 0.25) is 0 Å². The molecule has 0 amide bonds. The standard InChI is InChI=1S/C12H20N4/c1-9-10(2)16-12(8-15-9)14-7-3-6-13-11-4-5-11/h8,11,13H,3-7H2,1-2H3,(H,14,16). The van der Waals surface area contributed by atoms with Crippen LogP contribution in [0.15, 0.2) is 6.20 Å². The number of rotatable bonds is 6. The first-order valence-electron chi connectivity index (χ1n) is 6.03. The molecule has 0 bridgehead atoms. The molecule has 0 aromatic carbocycles. The van der Waals surface area contributed by atoms with Crippen LogP contribution in [0.3, 0.4) is 0 Å². The van der Waals surface area contributed by atoms with Gasteiger partial charge >= 0.3 is 0 Å². The molecule has 0 spiro atoms. The Bertz CT molecular complexity index is 347. The van der Waals surface area contributed by atoms with Crippen LogP contribution in [0.5, 0.6) is 0 Å². The van der Waals surface area contributed by atoms with E-state index in [-0.39, 0.29) is 0 Å². The van der Waals surface area contributed by atoms with Crippen LogP contribution in [0.25, 0.3) is 0 Å². The molecule has 1 aliphatic carbocycles. The molecule has 2 rings (SSSR count). The average Bonchev–Trinajstić information content (AvgIpc) is 3.07. The van der Waals surface area contributed by atoms with Crippen LogP contribution in [0, 0.1) is 13.8 Å². The van der Waals surface area contributed by atoms with E-state index < -0.39 is 0 Å². The molecule has 0 atom stereocenters. The molecule has 1 aromatic rings. The van der Waals surface area contributed by atoms with E-state index in [0.29, 0.717) is 0 Å². The largest absolute Gasteiger partial charge is 0.369 e. The fourth-order valence-corrected chi connectivity index (χ4v) is 1.53. The zero-order valence-corrected chi connectivity index (χ0v) is 10.1. The lowest BCUT2D eigenvalue weighted by molar-refractivity contribution is 0.658. The Morgan fingerprint density at radius 1 is 1.25 bits per heavy atom. The van der Waals surface area contributed by atoms with Crippen molar-refractivity contribution >= 4 is 5.82 Å². The van der Waals surface area contributed by atoms with E-state index in [1.165, 1.54) is 12.8 Å².